The van der Waals surface area contributed by atoms with Crippen molar-refractivity contribution in [3.8, 4) is 0 Å². The third-order valence-electron chi connectivity index (χ3n) is 6.44. The van der Waals surface area contributed by atoms with Gasteiger partial charge < -0.3 is 19.3 Å². The molecule has 7 nitrogen and oxygen atoms in total. The molecule has 1 saturated carbocycles. The number of aliphatic carboxylic acids is 1. The maximum atomic E-state index is 14.6. The zero-order valence-corrected chi connectivity index (χ0v) is 21.0. The fraction of sp³-hybridized carbons (Fsp3) is 0.417. The van der Waals surface area contributed by atoms with Crippen LogP contribution in [-0.4, -0.2) is 48.0 Å². The van der Waals surface area contributed by atoms with E-state index in [1.165, 1.54) is 24.0 Å². The van der Waals surface area contributed by atoms with Gasteiger partial charge in [0.2, 0.25) is 0 Å². The normalized spacial score (nSPS) is 26.4. The number of carbonyl (C=O) groups is 2. The summed E-state index contributed by atoms with van der Waals surface area (Å²) in [7, 11) is 0. The fourth-order valence-electron chi connectivity index (χ4n) is 4.73. The van der Waals surface area contributed by atoms with Gasteiger partial charge in [0.25, 0.3) is 5.91 Å². The smallest absolute Gasteiger partial charge is 0.306 e. The molecule has 0 bridgehead atoms. The number of halogens is 3. The minimum Gasteiger partial charge on any atom is -0.772 e. The molecule has 0 spiro atoms. The predicted molar refractivity (Wildman–Crippen MR) is 127 cm³/mol. The Morgan fingerprint density at radius 1 is 1.29 bits per heavy atom. The van der Waals surface area contributed by atoms with Crippen LogP contribution in [-0.2, 0) is 25.4 Å². The molecule has 5 unspecified atom stereocenters. The van der Waals surface area contributed by atoms with Crippen molar-refractivity contribution in [3.63, 3.8) is 0 Å². The van der Waals surface area contributed by atoms with Crippen molar-refractivity contribution in [2.75, 3.05) is 5.75 Å². The van der Waals surface area contributed by atoms with Crippen LogP contribution in [0.2, 0.25) is 10.0 Å². The molecular weight excluding hydrogens is 520 g/mol. The number of ether oxygens (including phenoxy) is 1. The molecule has 4 rings (SSSR count). The van der Waals surface area contributed by atoms with E-state index in [-0.39, 0.29) is 16.7 Å². The Balaban J connectivity index is 1.94. The number of amides is 1. The van der Waals surface area contributed by atoms with Crippen molar-refractivity contribution in [1.29, 1.82) is 0 Å². The first-order valence-corrected chi connectivity index (χ1v) is 13.0. The second kappa shape index (κ2) is 10.1. The molecule has 1 amide bonds. The van der Waals surface area contributed by atoms with E-state index in [1.54, 1.807) is 30.3 Å². The number of carboxylic acids is 1. The van der Waals surface area contributed by atoms with Crippen molar-refractivity contribution in [1.82, 2.24) is 4.90 Å². The van der Waals surface area contributed by atoms with Crippen molar-refractivity contribution >= 4 is 46.2 Å². The van der Waals surface area contributed by atoms with Gasteiger partial charge in [-0.05, 0) is 61.1 Å². The minimum atomic E-state index is -2.48. The molecule has 1 saturated heterocycles. The highest BCUT2D eigenvalue weighted by Crippen LogP contribution is 2.50. The molecule has 11 heteroatoms. The largest absolute Gasteiger partial charge is 0.772 e. The lowest BCUT2D eigenvalue weighted by molar-refractivity contribution is -0.206. The molecule has 2 aromatic carbocycles. The topological polar surface area (TPSA) is 107 Å². The van der Waals surface area contributed by atoms with Crippen molar-refractivity contribution in [2.45, 2.75) is 50.0 Å². The molecule has 35 heavy (non-hydrogen) atoms. The van der Waals surface area contributed by atoms with E-state index >= 15 is 0 Å². The second-order valence-corrected chi connectivity index (χ2v) is 10.9. The van der Waals surface area contributed by atoms with Crippen LogP contribution in [0.3, 0.4) is 0 Å². The molecule has 1 N–H and O–H groups in total. The average molecular weight is 543 g/mol. The van der Waals surface area contributed by atoms with Crippen LogP contribution in [0, 0.1) is 11.7 Å². The van der Waals surface area contributed by atoms with Gasteiger partial charge in [0.15, 0.2) is 5.60 Å². The maximum Gasteiger partial charge on any atom is 0.306 e. The van der Waals surface area contributed by atoms with Gasteiger partial charge in [-0.3, -0.25) is 13.8 Å². The molecular formula is C24H23Cl2FNO6S-. The summed E-state index contributed by atoms with van der Waals surface area (Å²) in [5, 5.41) is 9.83. The molecule has 1 aliphatic heterocycles. The Morgan fingerprint density at radius 2 is 2.00 bits per heavy atom. The molecule has 0 radical (unpaired) electrons. The first-order chi connectivity index (χ1) is 16.5. The Kier molecular flexibility index (Phi) is 7.54. The van der Waals surface area contributed by atoms with Gasteiger partial charge in [-0.15, -0.1) is 0 Å². The summed E-state index contributed by atoms with van der Waals surface area (Å²) < 4.78 is 44.4. The van der Waals surface area contributed by atoms with Crippen LogP contribution in [0.4, 0.5) is 4.39 Å². The van der Waals surface area contributed by atoms with E-state index in [9.17, 15) is 27.8 Å². The van der Waals surface area contributed by atoms with Crippen LogP contribution < -0.4 is 0 Å². The number of nitrogens with zero attached hydrogens (tertiary/aromatic N) is 1. The highest BCUT2D eigenvalue weighted by atomic mass is 35.5. The number of hydrogen-bond donors (Lipinski definition) is 1. The van der Waals surface area contributed by atoms with Crippen LogP contribution in [0.25, 0.3) is 0 Å². The monoisotopic (exact) mass is 542 g/mol. The van der Waals surface area contributed by atoms with Crippen molar-refractivity contribution < 1.29 is 32.6 Å². The van der Waals surface area contributed by atoms with E-state index in [1.807, 2.05) is 0 Å². The Bertz CT molecular complexity index is 1180. The highest BCUT2D eigenvalue weighted by Gasteiger charge is 2.55. The van der Waals surface area contributed by atoms with Gasteiger partial charge in [0, 0.05) is 16.8 Å². The lowest BCUT2D eigenvalue weighted by Gasteiger charge is -2.52. The summed E-state index contributed by atoms with van der Waals surface area (Å²) in [6.07, 6.45) is -0.172. The lowest BCUT2D eigenvalue weighted by atomic mass is 9.85. The summed E-state index contributed by atoms with van der Waals surface area (Å²) in [5.74, 6) is -3.06. The molecule has 1 aliphatic carbocycles. The minimum absolute atomic E-state index is 0.0938. The maximum absolute atomic E-state index is 14.6. The second-order valence-electron chi connectivity index (χ2n) is 9.10. The number of hydrogen-bond acceptors (Lipinski definition) is 5. The van der Waals surface area contributed by atoms with E-state index in [0.29, 0.717) is 29.0 Å². The Hall–Kier alpha value is -2.04. The molecule has 1 heterocycles. The standard InChI is InChI=1S/C24H24Cl2FNO6S/c1-24(11-20(29)30)23(31)28(19(12-35(32)33)13-5-6-13)21(14-7-8-17(26)18(27)10-14)22(34-24)15-3-2-4-16(25)9-15/h2-4,7-10,13,19,21-22H,5-6,11-12H2,1H3,(H,29,30)(H,32,33)/p-1. The lowest BCUT2D eigenvalue weighted by Crippen LogP contribution is -2.62. The average Bonchev–Trinajstić information content (AvgIpc) is 3.61. The molecule has 188 valence electrons. The molecule has 2 aliphatic rings. The van der Waals surface area contributed by atoms with Gasteiger partial charge in [-0.25, -0.2) is 4.39 Å². The van der Waals surface area contributed by atoms with Gasteiger partial charge in [-0.2, -0.15) is 0 Å². The predicted octanol–water partition coefficient (Wildman–Crippen LogP) is 4.66. The SMILES string of the molecule is CC1(CC(=O)O)OC(c2cccc(Cl)c2)C(c2ccc(Cl)c(F)c2)N(C(CS(=O)[O-])C2CC2)C1=O. The number of rotatable bonds is 8. The van der Waals surface area contributed by atoms with Crippen molar-refractivity contribution in [2.24, 2.45) is 5.92 Å². The summed E-state index contributed by atoms with van der Waals surface area (Å²) in [6.45, 7) is 1.38. The van der Waals surface area contributed by atoms with Gasteiger partial charge in [0.1, 0.15) is 11.9 Å². The summed E-state index contributed by atoms with van der Waals surface area (Å²) in [4.78, 5) is 27.0. The van der Waals surface area contributed by atoms with Gasteiger partial charge in [0.05, 0.1) is 17.5 Å². The van der Waals surface area contributed by atoms with E-state index in [4.69, 9.17) is 27.9 Å². The number of benzene rings is 2. The van der Waals surface area contributed by atoms with E-state index < -0.39 is 59.0 Å². The Morgan fingerprint density at radius 3 is 2.57 bits per heavy atom. The number of morpholine rings is 1. The third-order valence-corrected chi connectivity index (χ3v) is 7.60. The van der Waals surface area contributed by atoms with Crippen LogP contribution in [0.15, 0.2) is 42.5 Å². The van der Waals surface area contributed by atoms with E-state index in [0.717, 1.165) is 0 Å². The highest BCUT2D eigenvalue weighted by molar-refractivity contribution is 7.79. The molecule has 2 aromatic rings. The zero-order valence-electron chi connectivity index (χ0n) is 18.7. The third kappa shape index (κ3) is 5.54. The number of carboxylic acid groups (broad SMARTS) is 1. The quantitative estimate of drug-likeness (QED) is 0.486. The Labute approximate surface area is 214 Å². The van der Waals surface area contributed by atoms with Crippen molar-refractivity contribution in [3.05, 3.63) is 69.5 Å². The first kappa shape index (κ1) is 26.0. The first-order valence-electron chi connectivity index (χ1n) is 11.0. The molecule has 2 fully saturated rings. The van der Waals surface area contributed by atoms with E-state index in [2.05, 4.69) is 0 Å². The molecule has 0 aromatic heterocycles. The van der Waals surface area contributed by atoms with Gasteiger partial charge >= 0.3 is 5.97 Å². The summed E-state index contributed by atoms with van der Waals surface area (Å²) in [6, 6.07) is 9.06. The number of carbonyl (C=O) groups excluding carboxylic acids is 1. The van der Waals surface area contributed by atoms with Crippen LogP contribution >= 0.6 is 23.2 Å². The van der Waals surface area contributed by atoms with Crippen LogP contribution in [0.1, 0.15) is 49.5 Å². The van der Waals surface area contributed by atoms with Gasteiger partial charge in [-0.1, -0.05) is 52.5 Å². The summed E-state index contributed by atoms with van der Waals surface area (Å²) >= 11 is 9.64. The molecule has 5 atom stereocenters. The van der Waals surface area contributed by atoms with Crippen LogP contribution in [0.5, 0.6) is 0 Å². The fourth-order valence-corrected chi connectivity index (χ4v) is 5.76. The summed E-state index contributed by atoms with van der Waals surface area (Å²) in [5.41, 5.74) is -0.924. The zero-order chi connectivity index (χ0) is 25.5.